The monoisotopic (exact) mass is 382 g/mol. The van der Waals surface area contributed by atoms with Gasteiger partial charge < -0.3 is 4.42 Å². The number of furan rings is 1. The highest BCUT2D eigenvalue weighted by Gasteiger charge is 2.17. The number of hydrogen-bond acceptors (Lipinski definition) is 3. The van der Waals surface area contributed by atoms with E-state index >= 15 is 0 Å². The average Bonchev–Trinajstić information content (AvgIpc) is 3.13. The highest BCUT2D eigenvalue weighted by atomic mass is 35.5. The molecule has 3 nitrogen and oxygen atoms in total. The Labute approximate surface area is 162 Å². The van der Waals surface area contributed by atoms with Gasteiger partial charge in [0.25, 0.3) is 0 Å². The lowest BCUT2D eigenvalue weighted by Gasteiger charge is -2.16. The van der Waals surface area contributed by atoms with E-state index in [0.717, 1.165) is 53.1 Å². The van der Waals surface area contributed by atoms with Crippen LogP contribution < -0.4 is 0 Å². The molecule has 26 heavy (non-hydrogen) atoms. The fourth-order valence-corrected chi connectivity index (χ4v) is 3.51. The van der Waals surface area contributed by atoms with Crippen LogP contribution in [0.4, 0.5) is 0 Å². The number of nitrogens with zero attached hydrogens (tertiary/aromatic N) is 2. The molecule has 0 radical (unpaired) electrons. The van der Waals surface area contributed by atoms with Gasteiger partial charge in [0.1, 0.15) is 5.76 Å². The molecular formula is C21H16Cl2N2O. The molecule has 3 aromatic rings. The maximum atomic E-state index is 6.37. The zero-order valence-corrected chi connectivity index (χ0v) is 15.5. The molecule has 0 spiro atoms. The molecular weight excluding hydrogens is 367 g/mol. The van der Waals surface area contributed by atoms with Crippen LogP contribution in [0.1, 0.15) is 24.2 Å². The fourth-order valence-electron chi connectivity index (χ4n) is 3.12. The number of aromatic nitrogens is 1. The van der Waals surface area contributed by atoms with Gasteiger partial charge in [-0.25, -0.2) is 0 Å². The summed E-state index contributed by atoms with van der Waals surface area (Å²) in [6.45, 7) is 0.826. The molecule has 1 aromatic carbocycles. The number of allylic oxidation sites excluding steroid dienone is 1. The van der Waals surface area contributed by atoms with Gasteiger partial charge in [-0.15, -0.1) is 0 Å². The van der Waals surface area contributed by atoms with Crippen LogP contribution in [0.2, 0.25) is 10.0 Å². The molecule has 0 aliphatic carbocycles. The minimum absolute atomic E-state index is 0.638. The average molecular weight is 383 g/mol. The van der Waals surface area contributed by atoms with Gasteiger partial charge in [0.15, 0.2) is 0 Å². The standard InChI is InChI=1S/C21H16Cl2N2O/c22-16-5-6-19(23)18(12-16)17-7-10-26-20(17)11-14-3-2-9-25-21(14)15-4-1-8-24-13-15/h1,4-8,10-13H,2-3,9H2/b14-11+. The Morgan fingerprint density at radius 2 is 2.00 bits per heavy atom. The molecule has 2 aromatic heterocycles. The summed E-state index contributed by atoms with van der Waals surface area (Å²) in [6, 6.07) is 11.3. The van der Waals surface area contributed by atoms with Gasteiger partial charge in [0.2, 0.25) is 0 Å². The lowest BCUT2D eigenvalue weighted by atomic mass is 9.95. The third-order valence-corrected chi connectivity index (χ3v) is 4.90. The van der Waals surface area contributed by atoms with Gasteiger partial charge in [0, 0.05) is 45.7 Å². The quantitative estimate of drug-likeness (QED) is 0.531. The molecule has 0 saturated carbocycles. The first-order valence-corrected chi connectivity index (χ1v) is 9.16. The summed E-state index contributed by atoms with van der Waals surface area (Å²) < 4.78 is 5.75. The van der Waals surface area contributed by atoms with Crippen molar-refractivity contribution < 1.29 is 4.42 Å². The highest BCUT2D eigenvalue weighted by molar-refractivity contribution is 6.35. The van der Waals surface area contributed by atoms with E-state index in [1.165, 1.54) is 0 Å². The predicted octanol–water partition coefficient (Wildman–Crippen LogP) is 6.31. The maximum absolute atomic E-state index is 6.37. The minimum Gasteiger partial charge on any atom is -0.464 e. The van der Waals surface area contributed by atoms with E-state index in [1.54, 1.807) is 24.6 Å². The Morgan fingerprint density at radius 3 is 2.85 bits per heavy atom. The Balaban J connectivity index is 1.77. The Morgan fingerprint density at radius 1 is 1.08 bits per heavy atom. The van der Waals surface area contributed by atoms with Crippen molar-refractivity contribution in [2.45, 2.75) is 12.8 Å². The first kappa shape index (κ1) is 17.1. The zero-order chi connectivity index (χ0) is 17.9. The maximum Gasteiger partial charge on any atom is 0.134 e. The van der Waals surface area contributed by atoms with Crippen LogP contribution in [0.5, 0.6) is 0 Å². The highest BCUT2D eigenvalue weighted by Crippen LogP contribution is 2.35. The molecule has 0 fully saturated rings. The van der Waals surface area contributed by atoms with E-state index in [0.29, 0.717) is 10.0 Å². The molecule has 0 unspecified atom stereocenters. The smallest absolute Gasteiger partial charge is 0.134 e. The van der Waals surface area contributed by atoms with Crippen LogP contribution in [-0.4, -0.2) is 17.2 Å². The largest absolute Gasteiger partial charge is 0.464 e. The van der Waals surface area contributed by atoms with Crippen molar-refractivity contribution in [1.82, 2.24) is 4.98 Å². The Hall–Kier alpha value is -2.36. The van der Waals surface area contributed by atoms with Crippen molar-refractivity contribution in [2.24, 2.45) is 4.99 Å². The van der Waals surface area contributed by atoms with Crippen LogP contribution in [0, 0.1) is 0 Å². The van der Waals surface area contributed by atoms with Crippen molar-refractivity contribution in [3.05, 3.63) is 82.0 Å². The Bertz CT molecular complexity index is 990. The van der Waals surface area contributed by atoms with Crippen LogP contribution in [-0.2, 0) is 0 Å². The zero-order valence-electron chi connectivity index (χ0n) is 14.0. The second-order valence-electron chi connectivity index (χ2n) is 6.07. The summed E-state index contributed by atoms with van der Waals surface area (Å²) in [5, 5.41) is 1.28. The van der Waals surface area contributed by atoms with E-state index in [2.05, 4.69) is 11.1 Å². The van der Waals surface area contributed by atoms with E-state index in [9.17, 15) is 0 Å². The molecule has 5 heteroatoms. The molecule has 3 heterocycles. The van der Waals surface area contributed by atoms with Crippen molar-refractivity contribution in [1.29, 1.82) is 0 Å². The lowest BCUT2D eigenvalue weighted by Crippen LogP contribution is -2.11. The number of pyridine rings is 1. The first-order chi connectivity index (χ1) is 12.7. The van der Waals surface area contributed by atoms with E-state index in [4.69, 9.17) is 32.6 Å². The molecule has 1 aliphatic rings. The van der Waals surface area contributed by atoms with Gasteiger partial charge in [-0.05, 0) is 60.9 Å². The van der Waals surface area contributed by atoms with Crippen molar-refractivity contribution in [3.8, 4) is 11.1 Å². The van der Waals surface area contributed by atoms with Gasteiger partial charge in [-0.1, -0.05) is 23.2 Å². The van der Waals surface area contributed by atoms with E-state index in [-0.39, 0.29) is 0 Å². The van der Waals surface area contributed by atoms with Crippen molar-refractivity contribution in [3.63, 3.8) is 0 Å². The second-order valence-corrected chi connectivity index (χ2v) is 6.91. The second kappa shape index (κ2) is 7.48. The van der Waals surface area contributed by atoms with Crippen molar-refractivity contribution >= 4 is 35.0 Å². The number of rotatable bonds is 3. The minimum atomic E-state index is 0.638. The van der Waals surface area contributed by atoms with Gasteiger partial charge in [-0.2, -0.15) is 0 Å². The molecule has 1 aliphatic heterocycles. The van der Waals surface area contributed by atoms with E-state index in [1.807, 2.05) is 30.5 Å². The third-order valence-electron chi connectivity index (χ3n) is 4.33. The normalized spacial score (nSPS) is 15.9. The van der Waals surface area contributed by atoms with Crippen LogP contribution in [0.3, 0.4) is 0 Å². The number of halogens is 2. The summed E-state index contributed by atoms with van der Waals surface area (Å²) in [7, 11) is 0. The third kappa shape index (κ3) is 3.46. The van der Waals surface area contributed by atoms with Gasteiger partial charge in [-0.3, -0.25) is 9.98 Å². The number of hydrogen-bond donors (Lipinski definition) is 0. The first-order valence-electron chi connectivity index (χ1n) is 8.41. The molecule has 4 rings (SSSR count). The van der Waals surface area contributed by atoms with Crippen LogP contribution >= 0.6 is 23.2 Å². The summed E-state index contributed by atoms with van der Waals surface area (Å²) in [4.78, 5) is 8.93. The predicted molar refractivity (Wildman–Crippen MR) is 107 cm³/mol. The summed E-state index contributed by atoms with van der Waals surface area (Å²) in [5.74, 6) is 0.752. The molecule has 0 atom stereocenters. The number of benzene rings is 1. The molecule has 0 saturated heterocycles. The molecule has 0 bridgehead atoms. The summed E-state index contributed by atoms with van der Waals surface area (Å²) >= 11 is 12.5. The summed E-state index contributed by atoms with van der Waals surface area (Å²) in [5.41, 5.74) is 4.91. The van der Waals surface area contributed by atoms with Crippen LogP contribution in [0.25, 0.3) is 17.2 Å². The van der Waals surface area contributed by atoms with Gasteiger partial charge in [0.05, 0.1) is 12.0 Å². The summed E-state index contributed by atoms with van der Waals surface area (Å²) in [6.07, 6.45) is 9.29. The molecule has 0 amide bonds. The molecule has 130 valence electrons. The Kier molecular flexibility index (Phi) is 4.91. The van der Waals surface area contributed by atoms with E-state index < -0.39 is 0 Å². The number of aliphatic imine (C=N–C) groups is 1. The van der Waals surface area contributed by atoms with Crippen LogP contribution in [0.15, 0.2) is 70.0 Å². The molecule has 0 N–H and O–H groups in total. The lowest BCUT2D eigenvalue weighted by molar-refractivity contribution is 0.557. The van der Waals surface area contributed by atoms with Crippen molar-refractivity contribution in [2.75, 3.05) is 6.54 Å². The van der Waals surface area contributed by atoms with Gasteiger partial charge >= 0.3 is 0 Å². The fraction of sp³-hybridized carbons (Fsp3) is 0.143. The topological polar surface area (TPSA) is 38.4 Å². The SMILES string of the molecule is Clc1ccc(Cl)c(-c2ccoc2/C=C2\CCCN=C2c2cccnc2)c1.